The minimum atomic E-state index is -4.44. The van der Waals surface area contributed by atoms with Crippen LogP contribution < -0.4 is 0 Å². The van der Waals surface area contributed by atoms with E-state index in [1.54, 1.807) is 32.9 Å². The second kappa shape index (κ2) is 10.1. The Balaban J connectivity index is 1.67. The van der Waals surface area contributed by atoms with Gasteiger partial charge in [-0.3, -0.25) is 0 Å². The summed E-state index contributed by atoms with van der Waals surface area (Å²) in [6.45, 7) is 5.62. The van der Waals surface area contributed by atoms with Crippen LogP contribution >= 0.6 is 0 Å². The molecule has 0 bridgehead atoms. The average Bonchev–Trinajstić information content (AvgIpc) is 3.49. The third kappa shape index (κ3) is 5.19. The fourth-order valence-corrected chi connectivity index (χ4v) is 4.91. The van der Waals surface area contributed by atoms with Crippen LogP contribution in [0.2, 0.25) is 0 Å². The van der Waals surface area contributed by atoms with Gasteiger partial charge in [-0.1, -0.05) is 42.3 Å². The van der Waals surface area contributed by atoms with Crippen molar-refractivity contribution in [1.29, 1.82) is 0 Å². The molecule has 1 heterocycles. The maximum Gasteiger partial charge on any atom is 0.416 e. The van der Waals surface area contributed by atoms with E-state index in [1.165, 1.54) is 6.07 Å². The second-order valence-corrected chi connectivity index (χ2v) is 9.25. The maximum absolute atomic E-state index is 14.0. The number of allylic oxidation sites excluding steroid dienone is 1. The highest BCUT2D eigenvalue weighted by molar-refractivity contribution is 6.09. The fourth-order valence-electron chi connectivity index (χ4n) is 4.91. The van der Waals surface area contributed by atoms with E-state index in [-0.39, 0.29) is 12.5 Å². The number of halogens is 3. The van der Waals surface area contributed by atoms with Crippen LogP contribution in [0.5, 0.6) is 0 Å². The molecule has 35 heavy (non-hydrogen) atoms. The molecule has 1 saturated carbocycles. The third-order valence-electron chi connectivity index (χ3n) is 6.62. The Morgan fingerprint density at radius 2 is 1.86 bits per heavy atom. The lowest BCUT2D eigenvalue weighted by molar-refractivity contribution is -0.138. The highest BCUT2D eigenvalue weighted by Crippen LogP contribution is 2.42. The Hall–Kier alpha value is -3.35. The zero-order valence-corrected chi connectivity index (χ0v) is 20.2. The molecular weight excluding hydrogens is 453 g/mol. The monoisotopic (exact) mass is 482 g/mol. The van der Waals surface area contributed by atoms with E-state index in [4.69, 9.17) is 4.84 Å². The molecule has 2 aromatic carbocycles. The largest absolute Gasteiger partial charge is 0.416 e. The Morgan fingerprint density at radius 1 is 1.11 bits per heavy atom. The van der Waals surface area contributed by atoms with Crippen molar-refractivity contribution < 1.29 is 22.8 Å². The van der Waals surface area contributed by atoms with Gasteiger partial charge in [-0.2, -0.15) is 13.2 Å². The molecule has 1 fully saturated rings. The van der Waals surface area contributed by atoms with Gasteiger partial charge in [0.1, 0.15) is 6.29 Å². The molecule has 184 valence electrons. The van der Waals surface area contributed by atoms with Gasteiger partial charge in [-0.25, -0.2) is 0 Å². The van der Waals surface area contributed by atoms with Gasteiger partial charge in [0.2, 0.25) is 0 Å². The van der Waals surface area contributed by atoms with Crippen molar-refractivity contribution in [3.05, 3.63) is 76.5 Å². The van der Waals surface area contributed by atoms with Crippen molar-refractivity contribution in [3.8, 4) is 0 Å². The van der Waals surface area contributed by atoms with Gasteiger partial charge in [0.15, 0.2) is 5.76 Å². The highest BCUT2D eigenvalue weighted by Gasteiger charge is 2.36. The average molecular weight is 483 g/mol. The van der Waals surface area contributed by atoms with E-state index in [9.17, 15) is 18.0 Å². The van der Waals surface area contributed by atoms with Crippen molar-refractivity contribution in [2.24, 2.45) is 5.16 Å². The van der Waals surface area contributed by atoms with E-state index in [0.717, 1.165) is 54.0 Å². The number of hydrogen-bond donors (Lipinski definition) is 0. The highest BCUT2D eigenvalue weighted by atomic mass is 19.4. The third-order valence-corrected chi connectivity index (χ3v) is 6.62. The molecule has 0 unspecified atom stereocenters. The fraction of sp³-hybridized carbons (Fsp3) is 0.357. The molecule has 0 N–H and O–H groups in total. The van der Waals surface area contributed by atoms with E-state index in [1.807, 2.05) is 35.0 Å². The van der Waals surface area contributed by atoms with Gasteiger partial charge in [-0.05, 0) is 68.9 Å². The van der Waals surface area contributed by atoms with Crippen LogP contribution in [0.25, 0.3) is 16.7 Å². The molecular formula is C28H29F3N2O2. The first kappa shape index (κ1) is 24.8. The summed E-state index contributed by atoms with van der Waals surface area (Å²) in [5, 5.41) is 5.20. The first-order chi connectivity index (χ1) is 16.7. The molecule has 0 aliphatic heterocycles. The van der Waals surface area contributed by atoms with Crippen molar-refractivity contribution in [2.45, 2.75) is 65.1 Å². The summed E-state index contributed by atoms with van der Waals surface area (Å²) in [6, 6.07) is 12.1. The van der Waals surface area contributed by atoms with Gasteiger partial charge < -0.3 is 14.2 Å². The number of rotatable bonds is 7. The topological polar surface area (TPSA) is 43.6 Å². The predicted octanol–water partition coefficient (Wildman–Crippen LogP) is 7.71. The van der Waals surface area contributed by atoms with Gasteiger partial charge >= 0.3 is 6.18 Å². The number of carbonyl (C=O) groups is 1. The number of aromatic nitrogens is 1. The SMILES string of the molecule is CC(C)=C(O/N=C(\C)c1cccc2c1ccn2CC=O)c1ccc(C2CCCC2)c(C(F)(F)F)c1. The van der Waals surface area contributed by atoms with Crippen LogP contribution in [-0.4, -0.2) is 16.6 Å². The molecule has 4 nitrogen and oxygen atoms in total. The molecule has 4 rings (SSSR count). The molecule has 0 atom stereocenters. The smallest absolute Gasteiger partial charge is 0.356 e. The van der Waals surface area contributed by atoms with Crippen LogP contribution in [0.1, 0.15) is 74.6 Å². The summed E-state index contributed by atoms with van der Waals surface area (Å²) >= 11 is 0. The Labute approximate surface area is 203 Å². The van der Waals surface area contributed by atoms with Crippen molar-refractivity contribution in [3.63, 3.8) is 0 Å². The van der Waals surface area contributed by atoms with Crippen LogP contribution in [0.4, 0.5) is 13.2 Å². The lowest BCUT2D eigenvalue weighted by Gasteiger charge is -2.19. The summed E-state index contributed by atoms with van der Waals surface area (Å²) in [7, 11) is 0. The Morgan fingerprint density at radius 3 is 2.51 bits per heavy atom. The van der Waals surface area contributed by atoms with E-state index < -0.39 is 11.7 Å². The van der Waals surface area contributed by atoms with E-state index in [2.05, 4.69) is 5.16 Å². The molecule has 0 radical (unpaired) electrons. The van der Waals surface area contributed by atoms with E-state index in [0.29, 0.717) is 22.6 Å². The molecule has 0 saturated heterocycles. The first-order valence-corrected chi connectivity index (χ1v) is 11.8. The van der Waals surface area contributed by atoms with Crippen molar-refractivity contribution in [2.75, 3.05) is 0 Å². The van der Waals surface area contributed by atoms with Gasteiger partial charge in [0, 0.05) is 28.2 Å². The number of alkyl halides is 3. The van der Waals surface area contributed by atoms with Crippen molar-refractivity contribution in [1.82, 2.24) is 4.57 Å². The minimum Gasteiger partial charge on any atom is -0.356 e. The quantitative estimate of drug-likeness (QED) is 0.150. The molecule has 0 amide bonds. The Bertz CT molecular complexity index is 1290. The lowest BCUT2D eigenvalue weighted by atomic mass is 9.90. The summed E-state index contributed by atoms with van der Waals surface area (Å²) in [4.78, 5) is 16.7. The Kier molecular flexibility index (Phi) is 7.15. The number of oxime groups is 1. The zero-order valence-electron chi connectivity index (χ0n) is 20.2. The summed E-state index contributed by atoms with van der Waals surface area (Å²) in [5.74, 6) is 0.252. The molecule has 1 aliphatic carbocycles. The molecule has 7 heteroatoms. The normalized spacial score (nSPS) is 15.0. The predicted molar refractivity (Wildman–Crippen MR) is 132 cm³/mol. The zero-order chi connectivity index (χ0) is 25.2. The molecule has 1 aromatic heterocycles. The summed E-state index contributed by atoms with van der Waals surface area (Å²) in [6.07, 6.45) is 1.74. The number of aldehydes is 1. The number of benzene rings is 2. The summed E-state index contributed by atoms with van der Waals surface area (Å²) in [5.41, 5.74) is 3.16. The van der Waals surface area contributed by atoms with Gasteiger partial charge in [0.25, 0.3) is 0 Å². The maximum atomic E-state index is 14.0. The number of carbonyl (C=O) groups excluding carboxylic acids is 1. The van der Waals surface area contributed by atoms with Gasteiger partial charge in [0.05, 0.1) is 17.8 Å². The van der Waals surface area contributed by atoms with Crippen LogP contribution in [0.3, 0.4) is 0 Å². The number of hydrogen-bond acceptors (Lipinski definition) is 3. The first-order valence-electron chi connectivity index (χ1n) is 11.8. The number of fused-ring (bicyclic) bond motifs is 1. The standard InChI is InChI=1S/C28H29F3N2O2/c1-18(2)27(21-11-12-23(20-7-4-5-8-20)25(17-21)28(29,30)31)35-32-19(3)22-9-6-10-26-24(22)13-14-33(26)15-16-34/h6,9-14,16-17,20H,4-5,7-8,15H2,1-3H3/b32-19+. The number of nitrogens with zero attached hydrogens (tertiary/aromatic N) is 2. The van der Waals surface area contributed by atoms with E-state index >= 15 is 0 Å². The lowest BCUT2D eigenvalue weighted by Crippen LogP contribution is -2.12. The van der Waals surface area contributed by atoms with Crippen LogP contribution in [0, 0.1) is 0 Å². The van der Waals surface area contributed by atoms with Crippen LogP contribution in [-0.2, 0) is 22.4 Å². The summed E-state index contributed by atoms with van der Waals surface area (Å²) < 4.78 is 43.8. The second-order valence-electron chi connectivity index (χ2n) is 9.25. The molecule has 0 spiro atoms. The minimum absolute atomic E-state index is 0.0518. The van der Waals surface area contributed by atoms with Crippen molar-refractivity contribution >= 4 is 28.7 Å². The van der Waals surface area contributed by atoms with Gasteiger partial charge in [-0.15, -0.1) is 0 Å². The van der Waals surface area contributed by atoms with Crippen LogP contribution in [0.15, 0.2) is 59.4 Å². The molecule has 1 aliphatic rings. The molecule has 3 aromatic rings.